The molecule has 1 heterocycles. The predicted molar refractivity (Wildman–Crippen MR) is 140 cm³/mol. The Hall–Kier alpha value is -4.56. The number of rotatable bonds is 7. The molecule has 1 atom stereocenters. The summed E-state index contributed by atoms with van der Waals surface area (Å²) in [7, 11) is 1.56. The molecule has 0 spiro atoms. The number of nitrogens with zero attached hydrogens (tertiary/aromatic N) is 2. The molecule has 1 aliphatic rings. The van der Waals surface area contributed by atoms with Crippen LogP contribution in [0.15, 0.2) is 97.1 Å². The number of hydrogen-bond donors (Lipinski definition) is 1. The Bertz CT molecular complexity index is 1390. The van der Waals surface area contributed by atoms with Gasteiger partial charge in [-0.3, -0.25) is 0 Å². The van der Waals surface area contributed by atoms with Crippen LogP contribution in [0.4, 0.5) is 5.69 Å². The zero-order chi connectivity index (χ0) is 25.1. The lowest BCUT2D eigenvalue weighted by molar-refractivity contribution is 0.0696. The summed E-state index contributed by atoms with van der Waals surface area (Å²) in [5.41, 5.74) is 6.40. The first-order valence-electron chi connectivity index (χ1n) is 11.9. The van der Waals surface area contributed by atoms with Crippen LogP contribution in [0.1, 0.15) is 50.1 Å². The summed E-state index contributed by atoms with van der Waals surface area (Å²) in [6, 6.07) is 34.2. The standard InChI is InChI=1S/C31H26N2O3/c1-36-29-18-25(31(34)35)14-13-24(29)17-26-20-33(28-15-12-21(19-32)16-27(26)28)30(22-8-4-2-5-9-22)23-10-6-3-7-11-23/h2-16,18,26,30H,17,20H2,1H3,(H,34,35). The first-order chi connectivity index (χ1) is 17.6. The van der Waals surface area contributed by atoms with Gasteiger partial charge < -0.3 is 14.7 Å². The van der Waals surface area contributed by atoms with Gasteiger partial charge in [0.2, 0.25) is 0 Å². The molecular weight excluding hydrogens is 448 g/mol. The lowest BCUT2D eigenvalue weighted by Crippen LogP contribution is -2.29. The molecule has 5 nitrogen and oxygen atoms in total. The van der Waals surface area contributed by atoms with E-state index in [4.69, 9.17) is 4.74 Å². The summed E-state index contributed by atoms with van der Waals surface area (Å²) in [5.74, 6) is -0.314. The van der Waals surface area contributed by atoms with E-state index in [1.165, 1.54) is 11.1 Å². The molecule has 0 amide bonds. The van der Waals surface area contributed by atoms with Crippen molar-refractivity contribution in [3.63, 3.8) is 0 Å². The van der Waals surface area contributed by atoms with E-state index < -0.39 is 5.97 Å². The van der Waals surface area contributed by atoms with E-state index in [0.717, 1.165) is 23.4 Å². The van der Waals surface area contributed by atoms with Crippen molar-refractivity contribution in [3.8, 4) is 11.8 Å². The quantitative estimate of drug-likeness (QED) is 0.345. The number of aromatic carboxylic acids is 1. The topological polar surface area (TPSA) is 73.6 Å². The van der Waals surface area contributed by atoms with Crippen molar-refractivity contribution in [2.75, 3.05) is 18.6 Å². The van der Waals surface area contributed by atoms with Crippen LogP contribution >= 0.6 is 0 Å². The highest BCUT2D eigenvalue weighted by Gasteiger charge is 2.35. The Morgan fingerprint density at radius 1 is 1.00 bits per heavy atom. The molecule has 0 radical (unpaired) electrons. The lowest BCUT2D eigenvalue weighted by atomic mass is 9.92. The molecule has 5 rings (SSSR count). The van der Waals surface area contributed by atoms with Gasteiger partial charge in [0, 0.05) is 18.2 Å². The normalized spacial score (nSPS) is 14.4. The van der Waals surface area contributed by atoms with Gasteiger partial charge in [0.25, 0.3) is 0 Å². The number of carbonyl (C=O) groups is 1. The van der Waals surface area contributed by atoms with Crippen molar-refractivity contribution in [3.05, 3.63) is 130 Å². The monoisotopic (exact) mass is 474 g/mol. The van der Waals surface area contributed by atoms with Crippen molar-refractivity contribution in [1.29, 1.82) is 5.26 Å². The van der Waals surface area contributed by atoms with Crippen LogP contribution in [0, 0.1) is 11.3 Å². The molecule has 4 aromatic rings. The average molecular weight is 475 g/mol. The second-order valence-electron chi connectivity index (χ2n) is 8.99. The van der Waals surface area contributed by atoms with E-state index in [9.17, 15) is 15.2 Å². The lowest BCUT2D eigenvalue weighted by Gasteiger charge is -2.32. The molecule has 0 aromatic heterocycles. The van der Waals surface area contributed by atoms with Crippen molar-refractivity contribution in [2.45, 2.75) is 18.4 Å². The molecule has 0 saturated carbocycles. The average Bonchev–Trinajstić information content (AvgIpc) is 3.27. The first-order valence-corrected chi connectivity index (χ1v) is 11.9. The SMILES string of the molecule is COc1cc(C(=O)O)ccc1CC1CN(C(c2ccccc2)c2ccccc2)c2ccc(C#N)cc21. The fourth-order valence-corrected chi connectivity index (χ4v) is 5.20. The highest BCUT2D eigenvalue weighted by atomic mass is 16.5. The van der Waals surface area contributed by atoms with Gasteiger partial charge in [-0.05, 0) is 59.0 Å². The van der Waals surface area contributed by atoms with Crippen molar-refractivity contribution in [2.24, 2.45) is 0 Å². The van der Waals surface area contributed by atoms with Gasteiger partial charge in [-0.25, -0.2) is 4.79 Å². The number of anilines is 1. The zero-order valence-electron chi connectivity index (χ0n) is 20.0. The zero-order valence-corrected chi connectivity index (χ0v) is 20.0. The number of fused-ring (bicyclic) bond motifs is 1. The summed E-state index contributed by atoms with van der Waals surface area (Å²) < 4.78 is 5.56. The van der Waals surface area contributed by atoms with Crippen LogP contribution in [0.2, 0.25) is 0 Å². The highest BCUT2D eigenvalue weighted by Crippen LogP contribution is 2.45. The number of hydrogen-bond acceptors (Lipinski definition) is 4. The number of nitriles is 1. The Balaban J connectivity index is 1.58. The molecule has 1 N–H and O–H groups in total. The van der Waals surface area contributed by atoms with Crippen molar-refractivity contribution in [1.82, 2.24) is 0 Å². The minimum absolute atomic E-state index is 0.0142. The molecule has 0 aliphatic carbocycles. The van der Waals surface area contributed by atoms with Crippen LogP contribution in [0.5, 0.6) is 5.75 Å². The molecule has 1 aliphatic heterocycles. The third-order valence-corrected chi connectivity index (χ3v) is 6.87. The van der Waals surface area contributed by atoms with E-state index >= 15 is 0 Å². The van der Waals surface area contributed by atoms with Gasteiger partial charge in [0.05, 0.1) is 30.3 Å². The second-order valence-corrected chi connectivity index (χ2v) is 8.99. The predicted octanol–water partition coefficient (Wildman–Crippen LogP) is 6.20. The fourth-order valence-electron chi connectivity index (χ4n) is 5.20. The highest BCUT2D eigenvalue weighted by molar-refractivity contribution is 5.88. The molecule has 36 heavy (non-hydrogen) atoms. The Kier molecular flexibility index (Phi) is 6.42. The molecule has 0 fully saturated rings. The molecule has 0 bridgehead atoms. The van der Waals surface area contributed by atoms with E-state index in [-0.39, 0.29) is 17.5 Å². The van der Waals surface area contributed by atoms with Gasteiger partial charge >= 0.3 is 5.97 Å². The third-order valence-electron chi connectivity index (χ3n) is 6.87. The van der Waals surface area contributed by atoms with Gasteiger partial charge in [0.1, 0.15) is 5.75 Å². The minimum atomic E-state index is -0.982. The number of carboxylic acids is 1. The molecule has 5 heteroatoms. The maximum atomic E-state index is 11.5. The molecule has 4 aromatic carbocycles. The second kappa shape index (κ2) is 9.97. The van der Waals surface area contributed by atoms with Crippen LogP contribution in [0.3, 0.4) is 0 Å². The van der Waals surface area contributed by atoms with Crippen LogP contribution in [-0.2, 0) is 6.42 Å². The van der Waals surface area contributed by atoms with Crippen molar-refractivity contribution < 1.29 is 14.6 Å². The van der Waals surface area contributed by atoms with E-state index in [2.05, 4.69) is 65.6 Å². The number of ether oxygens (including phenoxy) is 1. The number of carboxylic acid groups (broad SMARTS) is 1. The third kappa shape index (κ3) is 4.42. The van der Waals surface area contributed by atoms with E-state index in [1.807, 2.05) is 30.3 Å². The molecular formula is C31H26N2O3. The van der Waals surface area contributed by atoms with Crippen LogP contribution in [0.25, 0.3) is 0 Å². The Morgan fingerprint density at radius 2 is 1.67 bits per heavy atom. The van der Waals surface area contributed by atoms with E-state index in [0.29, 0.717) is 17.7 Å². The molecule has 1 unspecified atom stereocenters. The minimum Gasteiger partial charge on any atom is -0.496 e. The maximum Gasteiger partial charge on any atom is 0.335 e. The first kappa shape index (κ1) is 23.2. The Labute approximate surface area is 210 Å². The number of benzene rings is 4. The van der Waals surface area contributed by atoms with Crippen LogP contribution < -0.4 is 9.64 Å². The summed E-state index contributed by atoms with van der Waals surface area (Å²) in [6.07, 6.45) is 0.664. The summed E-state index contributed by atoms with van der Waals surface area (Å²) in [5, 5.41) is 19.0. The smallest absolute Gasteiger partial charge is 0.335 e. The van der Waals surface area contributed by atoms with Crippen molar-refractivity contribution >= 4 is 11.7 Å². The van der Waals surface area contributed by atoms with Gasteiger partial charge in [-0.1, -0.05) is 66.7 Å². The van der Waals surface area contributed by atoms with Gasteiger partial charge in [0.15, 0.2) is 0 Å². The largest absolute Gasteiger partial charge is 0.496 e. The molecule has 0 saturated heterocycles. The molecule has 178 valence electrons. The Morgan fingerprint density at radius 3 is 2.25 bits per heavy atom. The van der Waals surface area contributed by atoms with Gasteiger partial charge in [-0.2, -0.15) is 5.26 Å². The van der Waals surface area contributed by atoms with Gasteiger partial charge in [-0.15, -0.1) is 0 Å². The summed E-state index contributed by atoms with van der Waals surface area (Å²) in [6.45, 7) is 0.752. The summed E-state index contributed by atoms with van der Waals surface area (Å²) >= 11 is 0. The van der Waals surface area contributed by atoms with Crippen LogP contribution in [-0.4, -0.2) is 24.7 Å². The number of methoxy groups -OCH3 is 1. The maximum absolute atomic E-state index is 11.5. The summed E-state index contributed by atoms with van der Waals surface area (Å²) in [4.78, 5) is 13.9. The fraction of sp³-hybridized carbons (Fsp3) is 0.161. The van der Waals surface area contributed by atoms with E-state index in [1.54, 1.807) is 19.2 Å².